The molecule has 90 valence electrons. The van der Waals surface area contributed by atoms with Gasteiger partial charge in [-0.2, -0.15) is 0 Å². The average Bonchev–Trinajstić information content (AvgIpc) is 2.26. The predicted octanol–water partition coefficient (Wildman–Crippen LogP) is 2.99. The third-order valence-electron chi connectivity index (χ3n) is 2.73. The summed E-state index contributed by atoms with van der Waals surface area (Å²) in [5.41, 5.74) is 6.95. The van der Waals surface area contributed by atoms with E-state index in [0.717, 1.165) is 17.5 Å². The van der Waals surface area contributed by atoms with E-state index in [4.69, 9.17) is 10.5 Å². The van der Waals surface area contributed by atoms with Crippen molar-refractivity contribution in [3.63, 3.8) is 0 Å². The molecule has 1 rings (SSSR count). The predicted molar refractivity (Wildman–Crippen MR) is 63.5 cm³/mol. The Labute approximate surface area is 96.6 Å². The van der Waals surface area contributed by atoms with Crippen LogP contribution in [0.1, 0.15) is 38.3 Å². The molecule has 0 unspecified atom stereocenters. The first-order valence-electron chi connectivity index (χ1n) is 5.59. The maximum Gasteiger partial charge on any atom is 0.123 e. The Morgan fingerprint density at radius 2 is 1.88 bits per heavy atom. The molecule has 0 radical (unpaired) electrons. The number of halogens is 1. The van der Waals surface area contributed by atoms with E-state index >= 15 is 0 Å². The Morgan fingerprint density at radius 1 is 1.25 bits per heavy atom. The maximum atomic E-state index is 13.2. The molecule has 2 nitrogen and oxygen atoms in total. The highest BCUT2D eigenvalue weighted by atomic mass is 19.1. The number of nitrogens with two attached hydrogens (primary N) is 1. The monoisotopic (exact) mass is 225 g/mol. The molecule has 0 aromatic heterocycles. The second kappa shape index (κ2) is 5.41. The van der Waals surface area contributed by atoms with Gasteiger partial charge in [0.15, 0.2) is 0 Å². The molecule has 16 heavy (non-hydrogen) atoms. The Kier molecular flexibility index (Phi) is 4.44. The van der Waals surface area contributed by atoms with Crippen LogP contribution in [0.4, 0.5) is 4.39 Å². The highest BCUT2D eigenvalue weighted by Crippen LogP contribution is 2.17. The van der Waals surface area contributed by atoms with Gasteiger partial charge in [0.25, 0.3) is 0 Å². The van der Waals surface area contributed by atoms with E-state index in [1.54, 1.807) is 0 Å². The minimum atomic E-state index is -0.254. The van der Waals surface area contributed by atoms with Crippen LogP contribution in [-0.2, 0) is 17.9 Å². The lowest BCUT2D eigenvalue weighted by Gasteiger charge is -2.23. The Bertz CT molecular complexity index is 350. The van der Waals surface area contributed by atoms with Crippen molar-refractivity contribution in [2.75, 3.05) is 0 Å². The minimum Gasteiger partial charge on any atom is -0.371 e. The summed E-state index contributed by atoms with van der Waals surface area (Å²) in [6.45, 7) is 6.89. The average molecular weight is 225 g/mol. The fourth-order valence-corrected chi connectivity index (χ4v) is 1.30. The summed E-state index contributed by atoms with van der Waals surface area (Å²) in [4.78, 5) is 0. The van der Waals surface area contributed by atoms with Crippen molar-refractivity contribution in [1.29, 1.82) is 0 Å². The van der Waals surface area contributed by atoms with Crippen LogP contribution in [0.15, 0.2) is 18.2 Å². The van der Waals surface area contributed by atoms with Crippen molar-refractivity contribution in [2.24, 2.45) is 5.73 Å². The molecule has 0 aliphatic heterocycles. The van der Waals surface area contributed by atoms with E-state index in [1.165, 1.54) is 12.1 Å². The first kappa shape index (κ1) is 13.1. The zero-order valence-corrected chi connectivity index (χ0v) is 10.2. The minimum absolute atomic E-state index is 0.171. The van der Waals surface area contributed by atoms with E-state index < -0.39 is 0 Å². The van der Waals surface area contributed by atoms with E-state index in [2.05, 4.69) is 6.92 Å². The number of hydrogen-bond donors (Lipinski definition) is 1. The second-order valence-electron chi connectivity index (χ2n) is 4.57. The van der Waals surface area contributed by atoms with Gasteiger partial charge < -0.3 is 10.5 Å². The van der Waals surface area contributed by atoms with Gasteiger partial charge in [-0.15, -0.1) is 0 Å². The SMILES string of the molecule is CCC(C)(C)OCc1cc(F)cc(CN)c1. The quantitative estimate of drug-likeness (QED) is 0.836. The van der Waals surface area contributed by atoms with E-state index in [-0.39, 0.29) is 11.4 Å². The van der Waals surface area contributed by atoms with Gasteiger partial charge in [0.05, 0.1) is 12.2 Å². The molecule has 0 saturated carbocycles. The van der Waals surface area contributed by atoms with Crippen molar-refractivity contribution in [3.8, 4) is 0 Å². The largest absolute Gasteiger partial charge is 0.371 e. The molecule has 2 N–H and O–H groups in total. The molecule has 3 heteroatoms. The van der Waals surface area contributed by atoms with Gasteiger partial charge >= 0.3 is 0 Å². The van der Waals surface area contributed by atoms with Crippen molar-refractivity contribution >= 4 is 0 Å². The standard InChI is InChI=1S/C13H20FNO/c1-4-13(2,3)16-9-11-5-10(8-15)6-12(14)7-11/h5-7H,4,8-9,15H2,1-3H3. The van der Waals surface area contributed by atoms with Gasteiger partial charge in [0.2, 0.25) is 0 Å². The van der Waals surface area contributed by atoms with Crippen LogP contribution in [0.2, 0.25) is 0 Å². The number of rotatable bonds is 5. The molecule has 0 atom stereocenters. The molecule has 0 bridgehead atoms. The molecule has 1 aromatic carbocycles. The number of hydrogen-bond acceptors (Lipinski definition) is 2. The lowest BCUT2D eigenvalue weighted by molar-refractivity contribution is -0.0317. The number of ether oxygens (including phenoxy) is 1. The topological polar surface area (TPSA) is 35.2 Å². The van der Waals surface area contributed by atoms with E-state index in [9.17, 15) is 4.39 Å². The first-order valence-corrected chi connectivity index (χ1v) is 5.59. The van der Waals surface area contributed by atoms with Gasteiger partial charge in [-0.3, -0.25) is 0 Å². The Balaban J connectivity index is 2.70. The van der Waals surface area contributed by atoms with E-state index in [0.29, 0.717) is 13.2 Å². The van der Waals surface area contributed by atoms with Crippen LogP contribution in [0.3, 0.4) is 0 Å². The van der Waals surface area contributed by atoms with Crippen LogP contribution in [0.25, 0.3) is 0 Å². The van der Waals surface area contributed by atoms with Crippen LogP contribution in [-0.4, -0.2) is 5.60 Å². The summed E-state index contributed by atoms with van der Waals surface area (Å²) >= 11 is 0. The molecule has 0 saturated heterocycles. The van der Waals surface area contributed by atoms with Crippen LogP contribution >= 0.6 is 0 Å². The normalized spacial score (nSPS) is 11.8. The first-order chi connectivity index (χ1) is 7.46. The second-order valence-corrected chi connectivity index (χ2v) is 4.57. The maximum absolute atomic E-state index is 13.2. The van der Waals surface area contributed by atoms with Gasteiger partial charge in [0.1, 0.15) is 5.82 Å². The van der Waals surface area contributed by atoms with Gasteiger partial charge in [-0.05, 0) is 43.5 Å². The zero-order valence-electron chi connectivity index (χ0n) is 10.2. The molecular formula is C13H20FNO. The van der Waals surface area contributed by atoms with Crippen LogP contribution in [0.5, 0.6) is 0 Å². The highest BCUT2D eigenvalue weighted by Gasteiger charge is 2.15. The van der Waals surface area contributed by atoms with Crippen LogP contribution in [0, 0.1) is 5.82 Å². The van der Waals surface area contributed by atoms with Gasteiger partial charge in [0, 0.05) is 6.54 Å². The van der Waals surface area contributed by atoms with Gasteiger partial charge in [-0.25, -0.2) is 4.39 Å². The molecular weight excluding hydrogens is 205 g/mol. The third kappa shape index (κ3) is 3.91. The Hall–Kier alpha value is -0.930. The summed E-state index contributed by atoms with van der Waals surface area (Å²) in [6.07, 6.45) is 0.923. The van der Waals surface area contributed by atoms with Crippen molar-refractivity contribution in [2.45, 2.75) is 45.9 Å². The third-order valence-corrected chi connectivity index (χ3v) is 2.73. The molecule has 0 amide bonds. The molecule has 0 spiro atoms. The number of benzene rings is 1. The lowest BCUT2D eigenvalue weighted by Crippen LogP contribution is -2.22. The highest BCUT2D eigenvalue weighted by molar-refractivity contribution is 5.24. The summed E-state index contributed by atoms with van der Waals surface area (Å²) in [7, 11) is 0. The molecule has 0 aliphatic carbocycles. The van der Waals surface area contributed by atoms with E-state index in [1.807, 2.05) is 19.9 Å². The van der Waals surface area contributed by atoms with Crippen molar-refractivity contribution in [3.05, 3.63) is 35.1 Å². The lowest BCUT2D eigenvalue weighted by atomic mass is 10.1. The summed E-state index contributed by atoms with van der Waals surface area (Å²) in [6, 6.07) is 4.83. The van der Waals surface area contributed by atoms with Crippen LogP contribution < -0.4 is 5.73 Å². The fraction of sp³-hybridized carbons (Fsp3) is 0.538. The fourth-order valence-electron chi connectivity index (χ4n) is 1.30. The van der Waals surface area contributed by atoms with Crippen molar-refractivity contribution in [1.82, 2.24) is 0 Å². The van der Waals surface area contributed by atoms with Gasteiger partial charge in [-0.1, -0.05) is 13.0 Å². The summed E-state index contributed by atoms with van der Waals surface area (Å²) in [5.74, 6) is -0.254. The molecule has 0 heterocycles. The molecule has 0 fully saturated rings. The molecule has 1 aromatic rings. The Morgan fingerprint density at radius 3 is 2.44 bits per heavy atom. The van der Waals surface area contributed by atoms with Crippen molar-refractivity contribution < 1.29 is 9.13 Å². The smallest absolute Gasteiger partial charge is 0.123 e. The summed E-state index contributed by atoms with van der Waals surface area (Å²) in [5, 5.41) is 0. The molecule has 0 aliphatic rings. The summed E-state index contributed by atoms with van der Waals surface area (Å²) < 4.78 is 18.9. The zero-order chi connectivity index (χ0) is 12.2.